The summed E-state index contributed by atoms with van der Waals surface area (Å²) < 4.78 is 19.6. The Hall–Kier alpha value is -2.76. The van der Waals surface area contributed by atoms with Crippen LogP contribution in [0.4, 0.5) is 20.6 Å². The van der Waals surface area contributed by atoms with Crippen LogP contribution in [-0.4, -0.2) is 12.6 Å². The monoisotopic (exact) mass is 331 g/mol. The zero-order valence-corrected chi connectivity index (χ0v) is 13.6. The second kappa shape index (κ2) is 8.76. The van der Waals surface area contributed by atoms with Crippen LogP contribution in [-0.2, 0) is 0 Å². The van der Waals surface area contributed by atoms with Crippen molar-refractivity contribution in [2.24, 2.45) is 0 Å². The van der Waals surface area contributed by atoms with Crippen LogP contribution < -0.4 is 21.1 Å². The van der Waals surface area contributed by atoms with E-state index in [2.05, 4.69) is 17.6 Å². The molecule has 2 amide bonds. The molecule has 2 aromatic rings. The number of ether oxygens (including phenoxy) is 1. The van der Waals surface area contributed by atoms with Gasteiger partial charge in [0.15, 0.2) is 0 Å². The summed E-state index contributed by atoms with van der Waals surface area (Å²) in [4.78, 5) is 11.7. The first-order valence-electron chi connectivity index (χ1n) is 7.96. The minimum atomic E-state index is -0.563. The molecule has 0 atom stereocenters. The van der Waals surface area contributed by atoms with E-state index in [1.165, 1.54) is 12.1 Å². The van der Waals surface area contributed by atoms with Gasteiger partial charge in [-0.05, 0) is 42.8 Å². The summed E-state index contributed by atoms with van der Waals surface area (Å²) in [6, 6.07) is 10.7. The molecule has 0 unspecified atom stereocenters. The summed E-state index contributed by atoms with van der Waals surface area (Å²) in [5.74, 6) is 0.329. The Balaban J connectivity index is 1.91. The molecule has 2 rings (SSSR count). The smallest absolute Gasteiger partial charge is 0.319 e. The lowest BCUT2D eigenvalue weighted by Crippen LogP contribution is -2.29. The number of unbranched alkanes of at least 4 members (excludes halogenated alkanes) is 2. The van der Waals surface area contributed by atoms with Crippen molar-refractivity contribution in [2.45, 2.75) is 26.2 Å². The molecule has 2 aromatic carbocycles. The number of rotatable bonds is 7. The van der Waals surface area contributed by atoms with Crippen LogP contribution in [0.15, 0.2) is 42.5 Å². The van der Waals surface area contributed by atoms with Crippen molar-refractivity contribution in [3.05, 3.63) is 48.3 Å². The topological polar surface area (TPSA) is 76.4 Å². The maximum Gasteiger partial charge on any atom is 0.319 e. The lowest BCUT2D eigenvalue weighted by molar-refractivity contribution is 0.251. The van der Waals surface area contributed by atoms with Gasteiger partial charge in [0.05, 0.1) is 5.69 Å². The maximum atomic E-state index is 14.1. The number of carbonyl (C=O) groups is 1. The number of halogens is 1. The molecule has 0 aliphatic rings. The van der Waals surface area contributed by atoms with E-state index in [1.54, 1.807) is 30.3 Å². The zero-order chi connectivity index (χ0) is 17.4. The third-order valence-corrected chi connectivity index (χ3v) is 3.37. The normalized spacial score (nSPS) is 10.2. The summed E-state index contributed by atoms with van der Waals surface area (Å²) in [5, 5.41) is 5.18. The van der Waals surface area contributed by atoms with Gasteiger partial charge in [-0.3, -0.25) is 0 Å². The lowest BCUT2D eigenvalue weighted by Gasteiger charge is -2.10. The Morgan fingerprint density at radius 1 is 1.12 bits per heavy atom. The van der Waals surface area contributed by atoms with Crippen LogP contribution in [0.2, 0.25) is 0 Å². The number of nitrogens with one attached hydrogen (secondary N) is 2. The maximum absolute atomic E-state index is 14.1. The summed E-state index contributed by atoms with van der Waals surface area (Å²) in [6.07, 6.45) is 3.03. The molecule has 0 aliphatic carbocycles. The second-order valence-corrected chi connectivity index (χ2v) is 5.40. The minimum Gasteiger partial charge on any atom is -0.457 e. The number of hydrogen-bond acceptors (Lipinski definition) is 3. The van der Waals surface area contributed by atoms with Crippen molar-refractivity contribution in [3.63, 3.8) is 0 Å². The first-order valence-corrected chi connectivity index (χ1v) is 7.96. The molecule has 0 heterocycles. The molecular weight excluding hydrogens is 309 g/mol. The highest BCUT2D eigenvalue weighted by Gasteiger charge is 2.08. The van der Waals surface area contributed by atoms with E-state index >= 15 is 0 Å². The Kier molecular flexibility index (Phi) is 6.42. The van der Waals surface area contributed by atoms with Gasteiger partial charge in [-0.1, -0.05) is 19.8 Å². The quantitative estimate of drug-likeness (QED) is 0.516. The van der Waals surface area contributed by atoms with Gasteiger partial charge < -0.3 is 21.1 Å². The SMILES string of the molecule is CCCCCNC(=O)Nc1ccc(Oc2ccc(N)cc2)cc1F. The average molecular weight is 331 g/mol. The number of hydrogen-bond donors (Lipinski definition) is 3. The highest BCUT2D eigenvalue weighted by molar-refractivity contribution is 5.89. The summed E-state index contributed by atoms with van der Waals surface area (Å²) in [6.45, 7) is 2.66. The lowest BCUT2D eigenvalue weighted by atomic mass is 10.2. The molecule has 0 radical (unpaired) electrons. The van der Waals surface area contributed by atoms with Crippen LogP contribution in [0.3, 0.4) is 0 Å². The number of amides is 2. The molecule has 5 nitrogen and oxygen atoms in total. The van der Waals surface area contributed by atoms with E-state index in [0.717, 1.165) is 19.3 Å². The van der Waals surface area contributed by atoms with E-state index in [0.29, 0.717) is 23.7 Å². The summed E-state index contributed by atoms with van der Waals surface area (Å²) in [7, 11) is 0. The highest BCUT2D eigenvalue weighted by atomic mass is 19.1. The van der Waals surface area contributed by atoms with Gasteiger partial charge in [0.1, 0.15) is 17.3 Å². The molecule has 0 aromatic heterocycles. The van der Waals surface area contributed by atoms with Crippen LogP contribution in [0.25, 0.3) is 0 Å². The second-order valence-electron chi connectivity index (χ2n) is 5.40. The van der Waals surface area contributed by atoms with Crippen molar-refractivity contribution in [3.8, 4) is 11.5 Å². The van der Waals surface area contributed by atoms with Crippen molar-refractivity contribution in [1.82, 2.24) is 5.32 Å². The van der Waals surface area contributed by atoms with E-state index in [1.807, 2.05) is 0 Å². The van der Waals surface area contributed by atoms with Gasteiger partial charge >= 0.3 is 6.03 Å². The Bertz CT molecular complexity index is 674. The van der Waals surface area contributed by atoms with Gasteiger partial charge in [-0.25, -0.2) is 9.18 Å². The van der Waals surface area contributed by atoms with Gasteiger partial charge in [0.2, 0.25) is 0 Å². The van der Waals surface area contributed by atoms with Crippen LogP contribution in [0, 0.1) is 5.82 Å². The standard InChI is InChI=1S/C18H22FN3O2/c1-2-3-4-11-21-18(23)22-17-10-9-15(12-16(17)19)24-14-7-5-13(20)6-8-14/h5-10,12H,2-4,11,20H2,1H3,(H2,21,22,23). The number of urea groups is 1. The third-order valence-electron chi connectivity index (χ3n) is 3.37. The molecule has 0 fully saturated rings. The largest absolute Gasteiger partial charge is 0.457 e. The first kappa shape index (κ1) is 17.6. The molecule has 24 heavy (non-hydrogen) atoms. The molecule has 0 saturated carbocycles. The number of benzene rings is 2. The highest BCUT2D eigenvalue weighted by Crippen LogP contribution is 2.26. The number of nitrogens with two attached hydrogens (primary N) is 1. The molecule has 0 saturated heterocycles. The van der Waals surface area contributed by atoms with Crippen LogP contribution >= 0.6 is 0 Å². The Morgan fingerprint density at radius 2 is 1.83 bits per heavy atom. The van der Waals surface area contributed by atoms with Crippen LogP contribution in [0.5, 0.6) is 11.5 Å². The molecule has 4 N–H and O–H groups in total. The Labute approximate surface area is 141 Å². The zero-order valence-electron chi connectivity index (χ0n) is 13.6. The molecule has 6 heteroatoms. The molecule has 0 bridgehead atoms. The fraction of sp³-hybridized carbons (Fsp3) is 0.278. The fourth-order valence-electron chi connectivity index (χ4n) is 2.08. The number of carbonyl (C=O) groups excluding carboxylic acids is 1. The van der Waals surface area contributed by atoms with E-state index in [-0.39, 0.29) is 5.69 Å². The van der Waals surface area contributed by atoms with Gasteiger partial charge in [-0.2, -0.15) is 0 Å². The van der Waals surface area contributed by atoms with Crippen LogP contribution in [0.1, 0.15) is 26.2 Å². The average Bonchev–Trinajstić information content (AvgIpc) is 2.56. The van der Waals surface area contributed by atoms with Gasteiger partial charge in [-0.15, -0.1) is 0 Å². The first-order chi connectivity index (χ1) is 11.6. The molecule has 128 valence electrons. The van der Waals surface area contributed by atoms with E-state index < -0.39 is 11.8 Å². The Morgan fingerprint density at radius 3 is 2.50 bits per heavy atom. The van der Waals surface area contributed by atoms with Crippen molar-refractivity contribution in [1.29, 1.82) is 0 Å². The molecule has 0 aliphatic heterocycles. The fourth-order valence-corrected chi connectivity index (χ4v) is 2.08. The minimum absolute atomic E-state index is 0.104. The molecular formula is C18H22FN3O2. The number of nitrogen functional groups attached to an aromatic ring is 1. The van der Waals surface area contributed by atoms with Crippen molar-refractivity contribution < 1.29 is 13.9 Å². The van der Waals surface area contributed by atoms with Crippen molar-refractivity contribution in [2.75, 3.05) is 17.6 Å². The predicted molar refractivity (Wildman–Crippen MR) is 93.9 cm³/mol. The van der Waals surface area contributed by atoms with Gasteiger partial charge in [0, 0.05) is 18.3 Å². The molecule has 0 spiro atoms. The van der Waals surface area contributed by atoms with E-state index in [4.69, 9.17) is 10.5 Å². The number of anilines is 2. The predicted octanol–water partition coefficient (Wildman–Crippen LogP) is 4.51. The van der Waals surface area contributed by atoms with Crippen molar-refractivity contribution >= 4 is 17.4 Å². The third kappa shape index (κ3) is 5.46. The van der Waals surface area contributed by atoms with E-state index in [9.17, 15) is 9.18 Å². The van der Waals surface area contributed by atoms with Gasteiger partial charge in [0.25, 0.3) is 0 Å². The summed E-state index contributed by atoms with van der Waals surface area (Å²) >= 11 is 0. The summed E-state index contributed by atoms with van der Waals surface area (Å²) in [5.41, 5.74) is 6.33.